The quantitative estimate of drug-likeness (QED) is 0.559. The number of benzene rings is 1. The minimum atomic E-state index is -0.641. The molecule has 1 aromatic heterocycles. The molecule has 10 nitrogen and oxygen atoms in total. The van der Waals surface area contributed by atoms with Crippen molar-refractivity contribution in [1.82, 2.24) is 24.9 Å². The first-order chi connectivity index (χ1) is 18.2. The van der Waals surface area contributed by atoms with Gasteiger partial charge < -0.3 is 14.5 Å². The second kappa shape index (κ2) is 10.6. The van der Waals surface area contributed by atoms with Crippen LogP contribution in [0.15, 0.2) is 18.2 Å². The van der Waals surface area contributed by atoms with Crippen molar-refractivity contribution in [3.05, 3.63) is 46.3 Å². The van der Waals surface area contributed by atoms with Gasteiger partial charge in [-0.3, -0.25) is 29.2 Å². The minimum absolute atomic E-state index is 0.00204. The molecule has 2 atom stereocenters. The molecular weight excluding hydrogens is 486 g/mol. The Morgan fingerprint density at radius 2 is 1.97 bits per heavy atom. The van der Waals surface area contributed by atoms with Crippen molar-refractivity contribution in [1.29, 1.82) is 0 Å². The van der Waals surface area contributed by atoms with Crippen LogP contribution in [0.4, 0.5) is 0 Å². The van der Waals surface area contributed by atoms with E-state index in [9.17, 15) is 19.2 Å². The first-order valence-corrected chi connectivity index (χ1v) is 13.4. The van der Waals surface area contributed by atoms with E-state index in [0.717, 1.165) is 48.3 Å². The Labute approximate surface area is 222 Å². The van der Waals surface area contributed by atoms with Gasteiger partial charge in [-0.1, -0.05) is 0 Å². The predicted octanol–water partition coefficient (Wildman–Crippen LogP) is 2.19. The summed E-state index contributed by atoms with van der Waals surface area (Å²) in [6.07, 6.45) is 4.62. The van der Waals surface area contributed by atoms with E-state index in [2.05, 4.69) is 10.4 Å². The number of hydrogen-bond donors (Lipinski definition) is 1. The van der Waals surface area contributed by atoms with Crippen molar-refractivity contribution in [3.8, 4) is 5.75 Å². The van der Waals surface area contributed by atoms with E-state index >= 15 is 0 Å². The van der Waals surface area contributed by atoms with Gasteiger partial charge in [0.1, 0.15) is 18.4 Å². The molecule has 0 spiro atoms. The molecule has 0 aliphatic carbocycles. The lowest BCUT2D eigenvalue weighted by Crippen LogP contribution is -2.52. The van der Waals surface area contributed by atoms with Crippen molar-refractivity contribution in [2.75, 3.05) is 13.2 Å². The van der Waals surface area contributed by atoms with Crippen LogP contribution in [-0.4, -0.2) is 68.4 Å². The number of carbonyl (C=O) groups is 4. The van der Waals surface area contributed by atoms with Crippen LogP contribution < -0.4 is 10.1 Å². The Bertz CT molecular complexity index is 1280. The summed E-state index contributed by atoms with van der Waals surface area (Å²) >= 11 is 0. The Hall–Kier alpha value is -3.69. The molecule has 4 heterocycles. The Morgan fingerprint density at radius 1 is 1.16 bits per heavy atom. The molecule has 10 heteroatoms. The number of imide groups is 1. The third-order valence-corrected chi connectivity index (χ3v) is 8.13. The van der Waals surface area contributed by atoms with Gasteiger partial charge in [-0.15, -0.1) is 0 Å². The van der Waals surface area contributed by atoms with Crippen molar-refractivity contribution < 1.29 is 23.9 Å². The molecule has 3 aliphatic rings. The highest BCUT2D eigenvalue weighted by atomic mass is 16.5. The van der Waals surface area contributed by atoms with Gasteiger partial charge in [-0.05, 0) is 75.3 Å². The van der Waals surface area contributed by atoms with E-state index in [4.69, 9.17) is 4.74 Å². The molecule has 1 N–H and O–H groups in total. The fraction of sp³-hybridized carbons (Fsp3) is 0.536. The van der Waals surface area contributed by atoms with Gasteiger partial charge in [0.25, 0.3) is 5.91 Å². The Kier molecular flexibility index (Phi) is 7.23. The number of nitrogens with zero attached hydrogens (tertiary/aromatic N) is 4. The Balaban J connectivity index is 1.20. The standard InChI is InChI=1S/C28H35N5O5/c1-17-22(18(2)31(3)30-17)9-12-26(35)32-13-5-4-6-20(32)16-38-21-7-8-23-19(14-21)15-33(28(23)37)24-10-11-25(34)29-27(24)36/h7-8,14,20,24H,4-6,9-13,15-16H2,1-3H3,(H,29,34,36)/t20-,24?/m0/s1. The first kappa shape index (κ1) is 25.9. The molecule has 2 fully saturated rings. The highest BCUT2D eigenvalue weighted by Crippen LogP contribution is 2.30. The van der Waals surface area contributed by atoms with Crippen LogP contribution in [0.2, 0.25) is 0 Å². The second-order valence-electron chi connectivity index (χ2n) is 10.5. The number of fused-ring (bicyclic) bond motifs is 1. The van der Waals surface area contributed by atoms with Gasteiger partial charge in [0.2, 0.25) is 17.7 Å². The molecular formula is C28H35N5O5. The lowest BCUT2D eigenvalue weighted by Gasteiger charge is -2.35. The van der Waals surface area contributed by atoms with Crippen LogP contribution in [-0.2, 0) is 34.4 Å². The normalized spacial score (nSPS) is 21.5. The number of likely N-dealkylation sites (tertiary alicyclic amines) is 1. The number of piperidine rings is 2. The average Bonchev–Trinajstić information content (AvgIpc) is 3.35. The summed E-state index contributed by atoms with van der Waals surface area (Å²) in [5, 5.41) is 6.79. The van der Waals surface area contributed by atoms with Gasteiger partial charge in [0, 0.05) is 44.2 Å². The summed E-state index contributed by atoms with van der Waals surface area (Å²) < 4.78 is 8.01. The Morgan fingerprint density at radius 3 is 2.71 bits per heavy atom. The predicted molar refractivity (Wildman–Crippen MR) is 138 cm³/mol. The van der Waals surface area contributed by atoms with Crippen molar-refractivity contribution in [2.45, 2.75) is 77.4 Å². The maximum atomic E-state index is 13.2. The summed E-state index contributed by atoms with van der Waals surface area (Å²) in [4.78, 5) is 53.4. The topological polar surface area (TPSA) is 114 Å². The molecule has 38 heavy (non-hydrogen) atoms. The SMILES string of the molecule is Cc1nn(C)c(C)c1CCC(=O)N1CCCC[C@H]1COc1ccc2c(c1)CN(C1CCC(=O)NC1=O)C2=O. The number of hydrogen-bond acceptors (Lipinski definition) is 6. The third kappa shape index (κ3) is 5.04. The summed E-state index contributed by atoms with van der Waals surface area (Å²) in [6, 6.07) is 4.72. The summed E-state index contributed by atoms with van der Waals surface area (Å²) in [5.41, 5.74) is 4.57. The fourth-order valence-electron chi connectivity index (χ4n) is 5.89. The highest BCUT2D eigenvalue weighted by molar-refractivity contribution is 6.05. The largest absolute Gasteiger partial charge is 0.491 e. The summed E-state index contributed by atoms with van der Waals surface area (Å²) in [6.45, 7) is 5.45. The van der Waals surface area contributed by atoms with E-state index in [1.54, 1.807) is 12.1 Å². The smallest absolute Gasteiger partial charge is 0.255 e. The second-order valence-corrected chi connectivity index (χ2v) is 10.5. The van der Waals surface area contributed by atoms with Crippen LogP contribution in [0.3, 0.4) is 0 Å². The molecule has 3 aliphatic heterocycles. The van der Waals surface area contributed by atoms with Crippen LogP contribution in [0.25, 0.3) is 0 Å². The zero-order chi connectivity index (χ0) is 27.0. The van der Waals surface area contributed by atoms with Crippen molar-refractivity contribution >= 4 is 23.6 Å². The molecule has 1 aromatic carbocycles. The number of carbonyl (C=O) groups excluding carboxylic acids is 4. The zero-order valence-corrected chi connectivity index (χ0v) is 22.3. The van der Waals surface area contributed by atoms with Gasteiger partial charge in [-0.25, -0.2) is 0 Å². The van der Waals surface area contributed by atoms with Crippen LogP contribution in [0, 0.1) is 13.8 Å². The van der Waals surface area contributed by atoms with Crippen LogP contribution in [0.5, 0.6) is 5.75 Å². The van der Waals surface area contributed by atoms with Crippen molar-refractivity contribution in [3.63, 3.8) is 0 Å². The van der Waals surface area contributed by atoms with E-state index < -0.39 is 11.9 Å². The van der Waals surface area contributed by atoms with E-state index in [1.165, 1.54) is 4.90 Å². The van der Waals surface area contributed by atoms with E-state index in [0.29, 0.717) is 43.7 Å². The molecule has 2 saturated heterocycles. The first-order valence-electron chi connectivity index (χ1n) is 13.4. The molecule has 0 radical (unpaired) electrons. The fourth-order valence-corrected chi connectivity index (χ4v) is 5.89. The summed E-state index contributed by atoms with van der Waals surface area (Å²) in [5.74, 6) is -0.149. The molecule has 2 aromatic rings. The average molecular weight is 522 g/mol. The van der Waals surface area contributed by atoms with Crippen LogP contribution in [0.1, 0.15) is 71.4 Å². The van der Waals surface area contributed by atoms with Crippen molar-refractivity contribution in [2.24, 2.45) is 7.05 Å². The maximum absolute atomic E-state index is 13.2. The molecule has 0 saturated carbocycles. The lowest BCUT2D eigenvalue weighted by molar-refractivity contribution is -0.137. The van der Waals surface area contributed by atoms with Gasteiger partial charge in [0.15, 0.2) is 0 Å². The minimum Gasteiger partial charge on any atom is -0.491 e. The molecule has 5 rings (SSSR count). The molecule has 202 valence electrons. The van der Waals surface area contributed by atoms with Gasteiger partial charge >= 0.3 is 0 Å². The number of nitrogens with one attached hydrogen (secondary N) is 1. The molecule has 1 unspecified atom stereocenters. The van der Waals surface area contributed by atoms with Crippen LogP contribution >= 0.6 is 0 Å². The third-order valence-electron chi connectivity index (χ3n) is 8.13. The highest BCUT2D eigenvalue weighted by Gasteiger charge is 2.39. The number of ether oxygens (including phenoxy) is 1. The number of amides is 4. The van der Waals surface area contributed by atoms with E-state index in [-0.39, 0.29) is 30.2 Å². The number of rotatable bonds is 7. The lowest BCUT2D eigenvalue weighted by atomic mass is 10.0. The molecule has 0 bridgehead atoms. The maximum Gasteiger partial charge on any atom is 0.255 e. The number of aromatic nitrogens is 2. The molecule has 4 amide bonds. The summed E-state index contributed by atoms with van der Waals surface area (Å²) in [7, 11) is 1.92. The van der Waals surface area contributed by atoms with Gasteiger partial charge in [0.05, 0.1) is 11.7 Å². The zero-order valence-electron chi connectivity index (χ0n) is 22.3. The monoisotopic (exact) mass is 521 g/mol. The van der Waals surface area contributed by atoms with Gasteiger partial charge in [-0.2, -0.15) is 5.10 Å². The van der Waals surface area contributed by atoms with E-state index in [1.807, 2.05) is 36.5 Å². The number of aryl methyl sites for hydroxylation is 2.